The normalized spacial score (nSPS) is 12.2. The van der Waals surface area contributed by atoms with Crippen molar-refractivity contribution in [1.29, 1.82) is 0 Å². The quantitative estimate of drug-likeness (QED) is 0.880. The van der Waals surface area contributed by atoms with Crippen molar-refractivity contribution < 1.29 is 9.84 Å². The van der Waals surface area contributed by atoms with E-state index in [1.54, 1.807) is 12.1 Å². The van der Waals surface area contributed by atoms with Gasteiger partial charge in [0.15, 0.2) is 0 Å². The van der Waals surface area contributed by atoms with Gasteiger partial charge in [-0.05, 0) is 42.0 Å². The molecule has 0 unspecified atom stereocenters. The summed E-state index contributed by atoms with van der Waals surface area (Å²) >= 11 is 9.21. The molecule has 0 amide bonds. The summed E-state index contributed by atoms with van der Waals surface area (Å²) in [4.78, 5) is 0. The van der Waals surface area contributed by atoms with E-state index in [0.717, 1.165) is 15.8 Å². The van der Waals surface area contributed by atoms with E-state index in [0.29, 0.717) is 11.6 Å². The van der Waals surface area contributed by atoms with Gasteiger partial charge in [0.05, 0.1) is 13.2 Å². The number of hydrogen-bond donors (Lipinski definition) is 1. The first-order valence-corrected chi connectivity index (χ1v) is 7.11. The Bertz CT molecular complexity index is 511. The zero-order valence-corrected chi connectivity index (χ0v) is 12.6. The van der Waals surface area contributed by atoms with Crippen LogP contribution in [0.25, 0.3) is 0 Å². The Labute approximate surface area is 126 Å². The predicted octanol–water partition coefficient (Wildman–Crippen LogP) is 4.26. The summed E-state index contributed by atoms with van der Waals surface area (Å²) in [6, 6.07) is 15.1. The monoisotopic (exact) mass is 340 g/mol. The molecule has 1 N–H and O–H groups in total. The third-order valence-electron chi connectivity index (χ3n) is 2.83. The predicted molar refractivity (Wildman–Crippen MR) is 80.9 cm³/mol. The number of halogens is 2. The molecule has 19 heavy (non-hydrogen) atoms. The van der Waals surface area contributed by atoms with Crippen LogP contribution in [0.15, 0.2) is 53.0 Å². The van der Waals surface area contributed by atoms with Gasteiger partial charge in [-0.1, -0.05) is 39.7 Å². The van der Waals surface area contributed by atoms with E-state index in [1.807, 2.05) is 36.4 Å². The second-order valence-electron chi connectivity index (χ2n) is 4.20. The molecule has 0 radical (unpaired) electrons. The van der Waals surface area contributed by atoms with E-state index in [-0.39, 0.29) is 12.5 Å². The average Bonchev–Trinajstić information content (AvgIpc) is 2.43. The molecule has 4 heteroatoms. The largest absolute Gasteiger partial charge is 0.493 e. The molecule has 2 rings (SSSR count). The van der Waals surface area contributed by atoms with E-state index >= 15 is 0 Å². The standard InChI is InChI=1S/C15H14BrClO2/c16-13-3-1-11(2-4-13)12(9-18)10-19-15-7-5-14(17)6-8-15/h1-8,12,18H,9-10H2/t12-/m1/s1. The molecule has 0 saturated carbocycles. The number of aliphatic hydroxyl groups is 1. The average molecular weight is 342 g/mol. The molecule has 1 atom stereocenters. The van der Waals surface area contributed by atoms with Gasteiger partial charge in [-0.2, -0.15) is 0 Å². The lowest BCUT2D eigenvalue weighted by Crippen LogP contribution is -2.14. The van der Waals surface area contributed by atoms with Crippen molar-refractivity contribution in [3.05, 3.63) is 63.6 Å². The van der Waals surface area contributed by atoms with Crippen LogP contribution >= 0.6 is 27.5 Å². The molecule has 0 aromatic heterocycles. The fourth-order valence-corrected chi connectivity index (χ4v) is 2.11. The summed E-state index contributed by atoms with van der Waals surface area (Å²) in [5, 5.41) is 10.1. The summed E-state index contributed by atoms with van der Waals surface area (Å²) < 4.78 is 6.69. The minimum Gasteiger partial charge on any atom is -0.493 e. The highest BCUT2D eigenvalue weighted by Crippen LogP contribution is 2.21. The summed E-state index contributed by atoms with van der Waals surface area (Å²) in [6.45, 7) is 0.481. The Balaban J connectivity index is 1.99. The van der Waals surface area contributed by atoms with Gasteiger partial charge in [0, 0.05) is 15.4 Å². The molecule has 2 aromatic carbocycles. The topological polar surface area (TPSA) is 29.5 Å². The number of aliphatic hydroxyl groups excluding tert-OH is 1. The molecule has 2 aromatic rings. The minimum atomic E-state index is -0.0382. The number of ether oxygens (including phenoxy) is 1. The minimum absolute atomic E-state index is 0.0382. The second-order valence-corrected chi connectivity index (χ2v) is 5.55. The Morgan fingerprint density at radius 1 is 1.05 bits per heavy atom. The molecular weight excluding hydrogens is 328 g/mol. The van der Waals surface area contributed by atoms with E-state index < -0.39 is 0 Å². The van der Waals surface area contributed by atoms with E-state index in [1.165, 1.54) is 0 Å². The van der Waals surface area contributed by atoms with Crippen LogP contribution in [0.4, 0.5) is 0 Å². The van der Waals surface area contributed by atoms with Gasteiger partial charge in [0.25, 0.3) is 0 Å². The first kappa shape index (κ1) is 14.4. The third kappa shape index (κ3) is 4.23. The highest BCUT2D eigenvalue weighted by Gasteiger charge is 2.11. The van der Waals surface area contributed by atoms with Crippen LogP contribution in [0.5, 0.6) is 5.75 Å². The molecule has 100 valence electrons. The van der Waals surface area contributed by atoms with Crippen LogP contribution in [0.3, 0.4) is 0 Å². The lowest BCUT2D eigenvalue weighted by molar-refractivity contribution is 0.205. The third-order valence-corrected chi connectivity index (χ3v) is 3.61. The zero-order valence-electron chi connectivity index (χ0n) is 10.2. The fraction of sp³-hybridized carbons (Fsp3) is 0.200. The second kappa shape index (κ2) is 6.94. The van der Waals surface area contributed by atoms with Gasteiger partial charge >= 0.3 is 0 Å². The van der Waals surface area contributed by atoms with Crippen molar-refractivity contribution in [3.63, 3.8) is 0 Å². The number of hydrogen-bond acceptors (Lipinski definition) is 2. The Hall–Kier alpha value is -1.03. The smallest absolute Gasteiger partial charge is 0.119 e. The lowest BCUT2D eigenvalue weighted by atomic mass is 10.0. The lowest BCUT2D eigenvalue weighted by Gasteiger charge is -2.16. The molecule has 0 bridgehead atoms. The number of rotatable bonds is 5. The fourth-order valence-electron chi connectivity index (χ4n) is 1.72. The zero-order chi connectivity index (χ0) is 13.7. The molecule has 0 aliphatic rings. The van der Waals surface area contributed by atoms with Crippen LogP contribution in [0.2, 0.25) is 5.02 Å². The van der Waals surface area contributed by atoms with E-state index in [9.17, 15) is 5.11 Å². The van der Waals surface area contributed by atoms with Gasteiger partial charge in [0.1, 0.15) is 5.75 Å². The van der Waals surface area contributed by atoms with Crippen LogP contribution < -0.4 is 4.74 Å². The molecule has 2 nitrogen and oxygen atoms in total. The van der Waals surface area contributed by atoms with Crippen LogP contribution in [0, 0.1) is 0 Å². The highest BCUT2D eigenvalue weighted by atomic mass is 79.9. The van der Waals surface area contributed by atoms with Crippen molar-refractivity contribution in [1.82, 2.24) is 0 Å². The Morgan fingerprint density at radius 3 is 2.26 bits per heavy atom. The maximum atomic E-state index is 9.46. The molecule has 0 fully saturated rings. The van der Waals surface area contributed by atoms with Crippen molar-refractivity contribution in [3.8, 4) is 5.75 Å². The summed E-state index contributed by atoms with van der Waals surface area (Å²) in [5.74, 6) is 0.712. The first-order valence-electron chi connectivity index (χ1n) is 5.93. The van der Waals surface area contributed by atoms with Gasteiger partial charge < -0.3 is 9.84 Å². The van der Waals surface area contributed by atoms with Crippen LogP contribution in [-0.2, 0) is 0 Å². The van der Waals surface area contributed by atoms with E-state index in [4.69, 9.17) is 16.3 Å². The van der Waals surface area contributed by atoms with Crippen molar-refractivity contribution in [2.45, 2.75) is 5.92 Å². The molecular formula is C15H14BrClO2. The van der Waals surface area contributed by atoms with Crippen molar-refractivity contribution >= 4 is 27.5 Å². The highest BCUT2D eigenvalue weighted by molar-refractivity contribution is 9.10. The van der Waals surface area contributed by atoms with Crippen molar-refractivity contribution in [2.24, 2.45) is 0 Å². The van der Waals surface area contributed by atoms with Gasteiger partial charge in [-0.25, -0.2) is 0 Å². The maximum absolute atomic E-state index is 9.46. The van der Waals surface area contributed by atoms with Gasteiger partial charge in [0.2, 0.25) is 0 Å². The number of benzene rings is 2. The summed E-state index contributed by atoms with van der Waals surface area (Å²) in [5.41, 5.74) is 1.06. The molecule has 0 aliphatic carbocycles. The summed E-state index contributed by atoms with van der Waals surface area (Å²) in [7, 11) is 0. The molecule has 0 aliphatic heterocycles. The summed E-state index contributed by atoms with van der Waals surface area (Å²) in [6.07, 6.45) is 0. The molecule has 0 heterocycles. The molecule has 0 spiro atoms. The van der Waals surface area contributed by atoms with Crippen molar-refractivity contribution in [2.75, 3.05) is 13.2 Å². The van der Waals surface area contributed by atoms with Gasteiger partial charge in [-0.3, -0.25) is 0 Å². The Kier molecular flexibility index (Phi) is 5.25. The SMILES string of the molecule is OC[C@H](COc1ccc(Cl)cc1)c1ccc(Br)cc1. The maximum Gasteiger partial charge on any atom is 0.119 e. The van der Waals surface area contributed by atoms with Crippen LogP contribution in [-0.4, -0.2) is 18.3 Å². The van der Waals surface area contributed by atoms with E-state index in [2.05, 4.69) is 15.9 Å². The molecule has 0 saturated heterocycles. The Morgan fingerprint density at radius 2 is 1.68 bits per heavy atom. The first-order chi connectivity index (χ1) is 9.19. The van der Waals surface area contributed by atoms with Crippen LogP contribution in [0.1, 0.15) is 11.5 Å². The van der Waals surface area contributed by atoms with Gasteiger partial charge in [-0.15, -0.1) is 0 Å².